The highest BCUT2D eigenvalue weighted by molar-refractivity contribution is 5.94. The number of rotatable bonds is 7. The minimum Gasteiger partial charge on any atom is -0.494 e. The highest BCUT2D eigenvalue weighted by Crippen LogP contribution is 2.23. The predicted octanol–water partition coefficient (Wildman–Crippen LogP) is 5.27. The van der Waals surface area contributed by atoms with Gasteiger partial charge in [0.2, 0.25) is 11.7 Å². The van der Waals surface area contributed by atoms with E-state index in [4.69, 9.17) is 9.26 Å². The number of hydrogen-bond acceptors (Lipinski definition) is 5. The first-order valence-corrected chi connectivity index (χ1v) is 10.2. The van der Waals surface area contributed by atoms with Crippen LogP contribution < -0.4 is 4.74 Å². The molecule has 0 N–H and O–H groups in total. The lowest BCUT2D eigenvalue weighted by atomic mass is 10.0. The van der Waals surface area contributed by atoms with Crippen LogP contribution >= 0.6 is 0 Å². The number of ether oxygens (including phenoxy) is 1. The van der Waals surface area contributed by atoms with E-state index in [1.54, 1.807) is 17.0 Å². The fourth-order valence-electron chi connectivity index (χ4n) is 2.96. The van der Waals surface area contributed by atoms with E-state index in [1.807, 2.05) is 64.1 Å². The Labute approximate surface area is 177 Å². The van der Waals surface area contributed by atoms with Gasteiger partial charge in [-0.05, 0) is 58.4 Å². The molecule has 30 heavy (non-hydrogen) atoms. The van der Waals surface area contributed by atoms with Crippen molar-refractivity contribution in [1.29, 1.82) is 0 Å². The first-order chi connectivity index (χ1) is 14.3. The quantitative estimate of drug-likeness (QED) is 0.533. The monoisotopic (exact) mass is 407 g/mol. The molecule has 0 bridgehead atoms. The Bertz CT molecular complexity index is 970. The van der Waals surface area contributed by atoms with Gasteiger partial charge in [0.1, 0.15) is 12.3 Å². The molecule has 0 unspecified atom stereocenters. The summed E-state index contributed by atoms with van der Waals surface area (Å²) in [6.07, 6.45) is 0.938. The zero-order valence-corrected chi connectivity index (χ0v) is 18.3. The maximum absolute atomic E-state index is 13.2. The lowest BCUT2D eigenvalue weighted by molar-refractivity contribution is 0.0526. The molecule has 3 aromatic rings. The van der Waals surface area contributed by atoms with Crippen LogP contribution in [-0.4, -0.2) is 33.1 Å². The van der Waals surface area contributed by atoms with Crippen LogP contribution in [0.25, 0.3) is 11.4 Å². The summed E-state index contributed by atoms with van der Waals surface area (Å²) in [6, 6.07) is 15.2. The smallest absolute Gasteiger partial charge is 0.254 e. The van der Waals surface area contributed by atoms with E-state index in [-0.39, 0.29) is 12.5 Å². The van der Waals surface area contributed by atoms with Gasteiger partial charge in [-0.1, -0.05) is 41.9 Å². The Hall–Kier alpha value is -3.15. The van der Waals surface area contributed by atoms with Crippen molar-refractivity contribution in [3.63, 3.8) is 0 Å². The molecular formula is C24H29N3O3. The number of carbonyl (C=O) groups excluding carboxylic acids is 1. The molecule has 0 saturated heterocycles. The second kappa shape index (κ2) is 9.11. The van der Waals surface area contributed by atoms with Gasteiger partial charge in [-0.25, -0.2) is 0 Å². The molecule has 6 heteroatoms. The van der Waals surface area contributed by atoms with Crippen molar-refractivity contribution in [1.82, 2.24) is 15.0 Å². The molecule has 0 atom stereocenters. The zero-order valence-electron chi connectivity index (χ0n) is 18.3. The van der Waals surface area contributed by atoms with Gasteiger partial charge in [0, 0.05) is 16.7 Å². The van der Waals surface area contributed by atoms with E-state index in [9.17, 15) is 4.79 Å². The van der Waals surface area contributed by atoms with Gasteiger partial charge in [0.15, 0.2) is 0 Å². The number of nitrogens with zero attached hydrogens (tertiary/aromatic N) is 3. The van der Waals surface area contributed by atoms with E-state index in [1.165, 1.54) is 0 Å². The molecule has 1 amide bonds. The summed E-state index contributed by atoms with van der Waals surface area (Å²) in [4.78, 5) is 19.5. The van der Waals surface area contributed by atoms with Crippen molar-refractivity contribution in [2.45, 2.75) is 53.1 Å². The highest BCUT2D eigenvalue weighted by atomic mass is 16.5. The standard InChI is InChI=1S/C24H29N3O3/c1-6-15-29-20-13-11-19(12-14-20)23(28)27(24(3,4)5)16-21-25-22(26-30-21)18-9-7-17(2)8-10-18/h7-14H,6,15-16H2,1-5H3. The lowest BCUT2D eigenvalue weighted by Gasteiger charge is -2.34. The van der Waals surface area contributed by atoms with Gasteiger partial charge < -0.3 is 14.2 Å². The third kappa shape index (κ3) is 5.26. The molecule has 2 aromatic carbocycles. The summed E-state index contributed by atoms with van der Waals surface area (Å²) in [6.45, 7) is 10.9. The Morgan fingerprint density at radius 2 is 1.73 bits per heavy atom. The molecule has 0 aliphatic carbocycles. The minimum absolute atomic E-state index is 0.0976. The van der Waals surface area contributed by atoms with Crippen LogP contribution in [0.4, 0.5) is 0 Å². The third-order valence-electron chi connectivity index (χ3n) is 4.70. The van der Waals surface area contributed by atoms with Gasteiger partial charge in [0.05, 0.1) is 6.61 Å². The largest absolute Gasteiger partial charge is 0.494 e. The molecule has 0 aliphatic heterocycles. The molecule has 158 valence electrons. The number of aromatic nitrogens is 2. The highest BCUT2D eigenvalue weighted by Gasteiger charge is 2.29. The van der Waals surface area contributed by atoms with Crippen LogP contribution in [0.2, 0.25) is 0 Å². The van der Waals surface area contributed by atoms with Gasteiger partial charge in [-0.2, -0.15) is 4.98 Å². The summed E-state index contributed by atoms with van der Waals surface area (Å²) >= 11 is 0. The SMILES string of the molecule is CCCOc1ccc(C(=O)N(Cc2nc(-c3ccc(C)cc3)no2)C(C)(C)C)cc1. The number of carbonyl (C=O) groups is 1. The molecule has 0 spiro atoms. The van der Waals surface area contributed by atoms with E-state index < -0.39 is 5.54 Å². The second-order valence-corrected chi connectivity index (χ2v) is 8.31. The van der Waals surface area contributed by atoms with E-state index in [2.05, 4.69) is 17.1 Å². The fraction of sp³-hybridized carbons (Fsp3) is 0.375. The average Bonchev–Trinajstić information content (AvgIpc) is 3.19. The van der Waals surface area contributed by atoms with Gasteiger partial charge in [0.25, 0.3) is 5.91 Å². The summed E-state index contributed by atoms with van der Waals surface area (Å²) in [5, 5.41) is 4.08. The average molecular weight is 408 g/mol. The van der Waals surface area contributed by atoms with E-state index >= 15 is 0 Å². The van der Waals surface area contributed by atoms with Gasteiger partial charge >= 0.3 is 0 Å². The Morgan fingerprint density at radius 1 is 1.07 bits per heavy atom. The van der Waals surface area contributed by atoms with Crippen LogP contribution in [0.3, 0.4) is 0 Å². The van der Waals surface area contributed by atoms with Crippen molar-refractivity contribution in [3.05, 3.63) is 65.5 Å². The topological polar surface area (TPSA) is 68.5 Å². The summed E-state index contributed by atoms with van der Waals surface area (Å²) in [5.74, 6) is 1.58. The molecule has 3 rings (SSSR count). The normalized spacial score (nSPS) is 11.4. The molecule has 6 nitrogen and oxygen atoms in total. The van der Waals surface area contributed by atoms with Gasteiger partial charge in [-0.3, -0.25) is 4.79 Å². The van der Waals surface area contributed by atoms with Crippen LogP contribution in [0.5, 0.6) is 5.75 Å². The number of hydrogen-bond donors (Lipinski definition) is 0. The first kappa shape index (κ1) is 21.6. The maximum atomic E-state index is 13.2. The van der Waals surface area contributed by atoms with Gasteiger partial charge in [-0.15, -0.1) is 0 Å². The minimum atomic E-state index is -0.424. The van der Waals surface area contributed by atoms with E-state index in [0.717, 1.165) is 23.3 Å². The third-order valence-corrected chi connectivity index (χ3v) is 4.70. The first-order valence-electron chi connectivity index (χ1n) is 10.2. The molecule has 1 heterocycles. The Kier molecular flexibility index (Phi) is 6.55. The van der Waals surface area contributed by atoms with Crippen molar-refractivity contribution in [3.8, 4) is 17.1 Å². The number of aryl methyl sites for hydroxylation is 1. The van der Waals surface area contributed by atoms with E-state index in [0.29, 0.717) is 23.9 Å². The molecule has 1 aromatic heterocycles. The van der Waals surface area contributed by atoms with Crippen LogP contribution in [-0.2, 0) is 6.54 Å². The molecule has 0 saturated carbocycles. The van der Waals surface area contributed by atoms with Crippen LogP contribution in [0.15, 0.2) is 53.1 Å². The van der Waals surface area contributed by atoms with Crippen molar-refractivity contribution < 1.29 is 14.1 Å². The van der Waals surface area contributed by atoms with Crippen LogP contribution in [0, 0.1) is 6.92 Å². The predicted molar refractivity (Wildman–Crippen MR) is 116 cm³/mol. The zero-order chi connectivity index (χ0) is 21.7. The fourth-order valence-corrected chi connectivity index (χ4v) is 2.96. The van der Waals surface area contributed by atoms with Crippen molar-refractivity contribution in [2.24, 2.45) is 0 Å². The number of amides is 1. The van der Waals surface area contributed by atoms with Crippen molar-refractivity contribution >= 4 is 5.91 Å². The van der Waals surface area contributed by atoms with Crippen molar-refractivity contribution in [2.75, 3.05) is 6.61 Å². The Morgan fingerprint density at radius 3 is 2.33 bits per heavy atom. The summed E-state index contributed by atoms with van der Waals surface area (Å²) in [5.41, 5.74) is 2.21. The second-order valence-electron chi connectivity index (χ2n) is 8.31. The summed E-state index contributed by atoms with van der Waals surface area (Å²) < 4.78 is 11.1. The maximum Gasteiger partial charge on any atom is 0.254 e. The molecule has 0 aliphatic rings. The number of benzene rings is 2. The molecular weight excluding hydrogens is 378 g/mol. The molecule has 0 fully saturated rings. The lowest BCUT2D eigenvalue weighted by Crippen LogP contribution is -2.45. The molecule has 0 radical (unpaired) electrons. The summed E-state index contributed by atoms with van der Waals surface area (Å²) in [7, 11) is 0. The Balaban J connectivity index is 1.78. The van der Waals surface area contributed by atoms with Crippen LogP contribution in [0.1, 0.15) is 55.9 Å².